The lowest BCUT2D eigenvalue weighted by Gasteiger charge is -2.14. The van der Waals surface area contributed by atoms with E-state index in [9.17, 15) is 9.59 Å². The predicted octanol–water partition coefficient (Wildman–Crippen LogP) is 3.77. The molecule has 2 aromatic rings. The van der Waals surface area contributed by atoms with E-state index in [4.69, 9.17) is 0 Å². The third-order valence-corrected chi connectivity index (χ3v) is 3.83. The highest BCUT2D eigenvalue weighted by atomic mass is 16.2. The monoisotopic (exact) mass is 348 g/mol. The molecule has 0 spiro atoms. The van der Waals surface area contributed by atoms with E-state index in [1.54, 1.807) is 12.2 Å². The topological polar surface area (TPSA) is 58.2 Å². The van der Waals surface area contributed by atoms with E-state index >= 15 is 0 Å². The molecule has 2 rings (SSSR count). The maximum atomic E-state index is 12.5. The zero-order valence-corrected chi connectivity index (χ0v) is 15.1. The minimum atomic E-state index is -0.352. The summed E-state index contributed by atoms with van der Waals surface area (Å²) in [5, 5.41) is 5.57. The standard InChI is InChI=1S/C22H24N2O2/c1-3-17(2)23-22(26)20(16-19-12-8-5-9-13-19)24-21(25)15-14-18-10-6-4-7-11-18/h4-17H,3H2,1-2H3,(H,23,26)(H,24,25)/b15-14-,20-16-. The Balaban J connectivity index is 2.15. The Morgan fingerprint density at radius 2 is 1.54 bits per heavy atom. The maximum absolute atomic E-state index is 12.5. The highest BCUT2D eigenvalue weighted by Crippen LogP contribution is 2.06. The Labute approximate surface area is 154 Å². The largest absolute Gasteiger partial charge is 0.348 e. The van der Waals surface area contributed by atoms with Gasteiger partial charge < -0.3 is 10.6 Å². The number of rotatable bonds is 7. The van der Waals surface area contributed by atoms with E-state index in [0.29, 0.717) is 0 Å². The van der Waals surface area contributed by atoms with E-state index in [1.165, 1.54) is 6.08 Å². The summed E-state index contributed by atoms with van der Waals surface area (Å²) in [5.41, 5.74) is 1.98. The molecule has 4 nitrogen and oxygen atoms in total. The first kappa shape index (κ1) is 19.2. The normalized spacial score (nSPS) is 12.6. The van der Waals surface area contributed by atoms with Crippen molar-refractivity contribution in [1.82, 2.24) is 10.6 Å². The number of hydrogen-bond acceptors (Lipinski definition) is 2. The Kier molecular flexibility index (Phi) is 7.37. The fourth-order valence-corrected chi connectivity index (χ4v) is 2.19. The van der Waals surface area contributed by atoms with E-state index in [1.807, 2.05) is 74.5 Å². The van der Waals surface area contributed by atoms with Crippen LogP contribution >= 0.6 is 0 Å². The van der Waals surface area contributed by atoms with Gasteiger partial charge in [-0.05, 0) is 36.6 Å². The van der Waals surface area contributed by atoms with Crippen LogP contribution in [0.25, 0.3) is 12.2 Å². The van der Waals surface area contributed by atoms with Gasteiger partial charge in [0.2, 0.25) is 5.91 Å². The van der Waals surface area contributed by atoms with Gasteiger partial charge in [-0.1, -0.05) is 67.6 Å². The Morgan fingerprint density at radius 1 is 0.962 bits per heavy atom. The zero-order chi connectivity index (χ0) is 18.8. The lowest BCUT2D eigenvalue weighted by atomic mass is 10.1. The van der Waals surface area contributed by atoms with Gasteiger partial charge in [0.15, 0.2) is 0 Å². The summed E-state index contributed by atoms with van der Waals surface area (Å²) in [7, 11) is 0. The Hall–Kier alpha value is -3.14. The Bertz CT molecular complexity index is 780. The number of hydrogen-bond donors (Lipinski definition) is 2. The molecule has 0 radical (unpaired) electrons. The van der Waals surface area contributed by atoms with Crippen molar-refractivity contribution in [2.45, 2.75) is 26.3 Å². The van der Waals surface area contributed by atoms with Crippen LogP contribution in [-0.4, -0.2) is 17.9 Å². The van der Waals surface area contributed by atoms with Gasteiger partial charge in [0.05, 0.1) is 0 Å². The van der Waals surface area contributed by atoms with Crippen molar-refractivity contribution in [3.8, 4) is 0 Å². The van der Waals surface area contributed by atoms with Crippen LogP contribution in [0.2, 0.25) is 0 Å². The van der Waals surface area contributed by atoms with Crippen LogP contribution in [0.5, 0.6) is 0 Å². The summed E-state index contributed by atoms with van der Waals surface area (Å²) < 4.78 is 0. The molecule has 2 amide bonds. The number of carbonyl (C=O) groups is 2. The van der Waals surface area contributed by atoms with Crippen LogP contribution in [0.4, 0.5) is 0 Å². The first-order valence-electron chi connectivity index (χ1n) is 8.70. The third kappa shape index (κ3) is 6.40. The SMILES string of the molecule is CCC(C)NC(=O)/C(=C/c1ccccc1)NC(=O)/C=C\c1ccccc1. The number of amides is 2. The molecule has 0 heterocycles. The van der Waals surface area contributed by atoms with Crippen LogP contribution < -0.4 is 10.6 Å². The molecule has 2 aromatic carbocycles. The van der Waals surface area contributed by atoms with Crippen molar-refractivity contribution in [3.05, 3.63) is 83.6 Å². The highest BCUT2D eigenvalue weighted by molar-refractivity contribution is 6.04. The minimum Gasteiger partial charge on any atom is -0.348 e. The van der Waals surface area contributed by atoms with Crippen LogP contribution in [0.3, 0.4) is 0 Å². The van der Waals surface area contributed by atoms with Gasteiger partial charge in [-0.3, -0.25) is 9.59 Å². The lowest BCUT2D eigenvalue weighted by Crippen LogP contribution is -2.38. The molecule has 0 aliphatic rings. The average Bonchev–Trinajstić information content (AvgIpc) is 2.67. The van der Waals surface area contributed by atoms with Crippen LogP contribution in [0.15, 0.2) is 72.4 Å². The van der Waals surface area contributed by atoms with Crippen molar-refractivity contribution < 1.29 is 9.59 Å². The van der Waals surface area contributed by atoms with E-state index in [0.717, 1.165) is 17.5 Å². The molecule has 1 atom stereocenters. The van der Waals surface area contributed by atoms with Gasteiger partial charge >= 0.3 is 0 Å². The first-order valence-corrected chi connectivity index (χ1v) is 8.70. The van der Waals surface area contributed by atoms with Crippen molar-refractivity contribution >= 4 is 24.0 Å². The first-order chi connectivity index (χ1) is 12.6. The second-order valence-corrected chi connectivity index (χ2v) is 5.98. The number of nitrogens with one attached hydrogen (secondary N) is 2. The van der Waals surface area contributed by atoms with Gasteiger partial charge in [-0.25, -0.2) is 0 Å². The average molecular weight is 348 g/mol. The maximum Gasteiger partial charge on any atom is 0.268 e. The van der Waals surface area contributed by atoms with Crippen LogP contribution in [-0.2, 0) is 9.59 Å². The fourth-order valence-electron chi connectivity index (χ4n) is 2.19. The molecular formula is C22H24N2O2. The Morgan fingerprint density at radius 3 is 2.12 bits per heavy atom. The second-order valence-electron chi connectivity index (χ2n) is 5.98. The van der Waals surface area contributed by atoms with E-state index < -0.39 is 0 Å². The fraction of sp³-hybridized carbons (Fsp3) is 0.182. The van der Waals surface area contributed by atoms with Gasteiger partial charge in [-0.15, -0.1) is 0 Å². The third-order valence-electron chi connectivity index (χ3n) is 3.83. The minimum absolute atomic E-state index is 0.0263. The molecule has 0 saturated heterocycles. The van der Waals surface area contributed by atoms with Crippen molar-refractivity contribution in [2.75, 3.05) is 0 Å². The predicted molar refractivity (Wildman–Crippen MR) is 106 cm³/mol. The molecule has 26 heavy (non-hydrogen) atoms. The van der Waals surface area contributed by atoms with Gasteiger partial charge in [0, 0.05) is 12.1 Å². The zero-order valence-electron chi connectivity index (χ0n) is 15.1. The molecule has 2 N–H and O–H groups in total. The molecule has 0 bridgehead atoms. The van der Waals surface area contributed by atoms with Crippen LogP contribution in [0.1, 0.15) is 31.4 Å². The summed E-state index contributed by atoms with van der Waals surface area (Å²) in [4.78, 5) is 24.8. The van der Waals surface area contributed by atoms with Gasteiger partial charge in [-0.2, -0.15) is 0 Å². The van der Waals surface area contributed by atoms with Gasteiger partial charge in [0.1, 0.15) is 5.70 Å². The van der Waals surface area contributed by atoms with E-state index in [-0.39, 0.29) is 23.6 Å². The molecule has 0 aliphatic heterocycles. The molecule has 134 valence electrons. The number of carbonyl (C=O) groups excluding carboxylic acids is 2. The van der Waals surface area contributed by atoms with Crippen molar-refractivity contribution in [3.63, 3.8) is 0 Å². The summed E-state index contributed by atoms with van der Waals surface area (Å²) >= 11 is 0. The molecule has 0 fully saturated rings. The summed E-state index contributed by atoms with van der Waals surface area (Å²) in [5.74, 6) is -0.653. The van der Waals surface area contributed by atoms with Gasteiger partial charge in [0.25, 0.3) is 5.91 Å². The summed E-state index contributed by atoms with van der Waals surface area (Å²) in [6, 6.07) is 19.0. The molecular weight excluding hydrogens is 324 g/mol. The summed E-state index contributed by atoms with van der Waals surface area (Å²) in [6.45, 7) is 3.92. The molecule has 0 aliphatic carbocycles. The van der Waals surface area contributed by atoms with Crippen molar-refractivity contribution in [2.24, 2.45) is 0 Å². The second kappa shape index (κ2) is 9.99. The van der Waals surface area contributed by atoms with Crippen LogP contribution in [0, 0.1) is 0 Å². The molecule has 1 unspecified atom stereocenters. The smallest absolute Gasteiger partial charge is 0.268 e. The molecule has 0 aromatic heterocycles. The number of benzene rings is 2. The molecule has 4 heteroatoms. The quantitative estimate of drug-likeness (QED) is 0.748. The molecule has 0 saturated carbocycles. The van der Waals surface area contributed by atoms with E-state index in [2.05, 4.69) is 10.6 Å². The summed E-state index contributed by atoms with van der Waals surface area (Å²) in [6.07, 6.45) is 5.62. The van der Waals surface area contributed by atoms with Crippen molar-refractivity contribution in [1.29, 1.82) is 0 Å². The lowest BCUT2D eigenvalue weighted by molar-refractivity contribution is -0.121. The highest BCUT2D eigenvalue weighted by Gasteiger charge is 2.13.